The third-order valence-corrected chi connectivity index (χ3v) is 7.69. The largest absolute Gasteiger partial charge is 0.416 e. The Balaban J connectivity index is 1.48. The monoisotopic (exact) mass is 522 g/mol. The van der Waals surface area contributed by atoms with Gasteiger partial charge in [-0.15, -0.1) is 0 Å². The van der Waals surface area contributed by atoms with Crippen molar-refractivity contribution in [2.45, 2.75) is 43.4 Å². The van der Waals surface area contributed by atoms with Gasteiger partial charge < -0.3 is 5.32 Å². The second-order valence-electron chi connectivity index (χ2n) is 8.31. The van der Waals surface area contributed by atoms with Gasteiger partial charge in [0.2, 0.25) is 15.9 Å². The van der Waals surface area contributed by atoms with Gasteiger partial charge in [0.15, 0.2) is 0 Å². The van der Waals surface area contributed by atoms with Gasteiger partial charge >= 0.3 is 6.18 Å². The van der Waals surface area contributed by atoms with Crippen molar-refractivity contribution in [1.82, 2.24) is 19.6 Å². The number of nitrogens with zero attached hydrogens (tertiary/aromatic N) is 3. The van der Waals surface area contributed by atoms with Crippen LogP contribution >= 0.6 is 0 Å². The minimum atomic E-state index is -4.45. The van der Waals surface area contributed by atoms with Gasteiger partial charge in [0.1, 0.15) is 17.7 Å². The Morgan fingerprint density at radius 3 is 2.39 bits per heavy atom. The zero-order valence-electron chi connectivity index (χ0n) is 19.1. The molecule has 2 heterocycles. The van der Waals surface area contributed by atoms with E-state index in [4.69, 9.17) is 0 Å². The predicted molar refractivity (Wildman–Crippen MR) is 122 cm³/mol. The third kappa shape index (κ3) is 5.54. The molecule has 12 heteroatoms. The molecule has 190 valence electrons. The summed E-state index contributed by atoms with van der Waals surface area (Å²) in [6.45, 7) is 1.74. The minimum Gasteiger partial charge on any atom is -0.349 e. The number of aryl methyl sites for hydroxylation is 1. The van der Waals surface area contributed by atoms with E-state index in [0.717, 1.165) is 40.7 Å². The van der Waals surface area contributed by atoms with Crippen molar-refractivity contribution in [2.75, 3.05) is 6.54 Å². The van der Waals surface area contributed by atoms with Crippen molar-refractivity contribution in [1.29, 1.82) is 0 Å². The number of aromatic nitrogens is 2. The normalized spacial score (nSPS) is 16.8. The second kappa shape index (κ2) is 9.94. The predicted octanol–water partition coefficient (Wildman–Crippen LogP) is 4.08. The van der Waals surface area contributed by atoms with Gasteiger partial charge in [-0.1, -0.05) is 12.1 Å². The molecule has 1 aliphatic rings. The van der Waals surface area contributed by atoms with Crippen molar-refractivity contribution >= 4 is 15.9 Å². The Kier molecular flexibility index (Phi) is 7.10. The van der Waals surface area contributed by atoms with Gasteiger partial charge in [0, 0.05) is 12.1 Å². The third-order valence-electron chi connectivity index (χ3n) is 5.77. The number of rotatable bonds is 6. The summed E-state index contributed by atoms with van der Waals surface area (Å²) in [5, 5.41) is 2.69. The first-order chi connectivity index (χ1) is 16.9. The van der Waals surface area contributed by atoms with Crippen LogP contribution in [0, 0.1) is 12.7 Å². The first-order valence-electron chi connectivity index (χ1n) is 11.0. The minimum absolute atomic E-state index is 0.0310. The van der Waals surface area contributed by atoms with E-state index in [0.29, 0.717) is 35.6 Å². The lowest BCUT2D eigenvalue weighted by atomic mass is 10.1. The molecule has 36 heavy (non-hydrogen) atoms. The summed E-state index contributed by atoms with van der Waals surface area (Å²) in [4.78, 5) is 21.3. The molecule has 0 spiro atoms. The molecule has 1 unspecified atom stereocenters. The fourth-order valence-electron chi connectivity index (χ4n) is 4.03. The quantitative estimate of drug-likeness (QED) is 0.493. The molecule has 1 saturated heterocycles. The Morgan fingerprint density at radius 1 is 1.08 bits per heavy atom. The molecule has 1 N–H and O–H groups in total. The van der Waals surface area contributed by atoms with Crippen LogP contribution in [0.4, 0.5) is 17.6 Å². The van der Waals surface area contributed by atoms with E-state index >= 15 is 0 Å². The van der Waals surface area contributed by atoms with E-state index in [1.807, 2.05) is 0 Å². The number of carbonyl (C=O) groups excluding carboxylic acids is 1. The summed E-state index contributed by atoms with van der Waals surface area (Å²) in [6, 6.07) is 9.57. The Bertz CT molecular complexity index is 1360. The summed E-state index contributed by atoms with van der Waals surface area (Å²) in [5.74, 6) is -0.718. The average Bonchev–Trinajstić information content (AvgIpc) is 3.33. The summed E-state index contributed by atoms with van der Waals surface area (Å²) < 4.78 is 78.9. The lowest BCUT2D eigenvalue weighted by Gasteiger charge is -2.23. The van der Waals surface area contributed by atoms with Gasteiger partial charge in [0.05, 0.1) is 28.4 Å². The van der Waals surface area contributed by atoms with Crippen LogP contribution in [0.5, 0.6) is 0 Å². The molecule has 0 radical (unpaired) electrons. The van der Waals surface area contributed by atoms with Crippen LogP contribution in [0.3, 0.4) is 0 Å². The van der Waals surface area contributed by atoms with E-state index < -0.39 is 39.5 Å². The number of nitrogens with one attached hydrogen (secondary N) is 1. The fourth-order valence-corrected chi connectivity index (χ4v) is 5.68. The summed E-state index contributed by atoms with van der Waals surface area (Å²) in [7, 11) is -4.00. The first kappa shape index (κ1) is 25.7. The maximum absolute atomic E-state index is 13.2. The van der Waals surface area contributed by atoms with Crippen molar-refractivity contribution in [3.63, 3.8) is 0 Å². The molecule has 0 bridgehead atoms. The topological polar surface area (TPSA) is 92.3 Å². The second-order valence-corrected chi connectivity index (χ2v) is 10.2. The number of amides is 1. The number of hydrogen-bond donors (Lipinski definition) is 1. The number of carbonyl (C=O) groups is 1. The van der Waals surface area contributed by atoms with E-state index in [9.17, 15) is 30.8 Å². The molecule has 1 atom stereocenters. The summed E-state index contributed by atoms with van der Waals surface area (Å²) in [5.41, 5.74) is 0.480. The highest BCUT2D eigenvalue weighted by molar-refractivity contribution is 7.89. The van der Waals surface area contributed by atoms with E-state index in [1.165, 1.54) is 12.1 Å². The molecule has 7 nitrogen and oxygen atoms in total. The molecule has 4 rings (SSSR count). The first-order valence-corrected chi connectivity index (χ1v) is 12.5. The molecule has 2 aromatic carbocycles. The highest BCUT2D eigenvalue weighted by atomic mass is 32.2. The molecule has 3 aromatic rings. The molecule has 1 fully saturated rings. The Morgan fingerprint density at radius 2 is 1.75 bits per heavy atom. The standard InChI is InChI=1S/C24H22F4N4O3S/c1-15-30-19(13-21(31-15)16-4-6-17(7-5-16)24(26,27)28)14-29-23(33)22-3-2-12-32(22)36(34,35)20-10-8-18(25)9-11-20/h4-11,13,22H,2-3,12,14H2,1H3,(H,29,33). The number of alkyl halides is 3. The molecular weight excluding hydrogens is 500 g/mol. The van der Waals surface area contributed by atoms with Gasteiger partial charge in [-0.05, 0) is 62.2 Å². The smallest absolute Gasteiger partial charge is 0.349 e. The Hall–Kier alpha value is -3.38. The highest BCUT2D eigenvalue weighted by Gasteiger charge is 2.39. The number of hydrogen-bond acceptors (Lipinski definition) is 5. The van der Waals surface area contributed by atoms with Crippen molar-refractivity contribution in [2.24, 2.45) is 0 Å². The van der Waals surface area contributed by atoms with Gasteiger partial charge in [-0.2, -0.15) is 17.5 Å². The van der Waals surface area contributed by atoms with Crippen LogP contribution < -0.4 is 5.32 Å². The van der Waals surface area contributed by atoms with Crippen molar-refractivity contribution in [3.8, 4) is 11.3 Å². The van der Waals surface area contributed by atoms with Gasteiger partial charge in [0.25, 0.3) is 0 Å². The highest BCUT2D eigenvalue weighted by Crippen LogP contribution is 2.31. The van der Waals surface area contributed by atoms with Crippen LogP contribution in [0.15, 0.2) is 59.5 Å². The van der Waals surface area contributed by atoms with Gasteiger partial charge in [-0.25, -0.2) is 22.8 Å². The molecule has 0 aliphatic carbocycles. The van der Waals surface area contributed by atoms with Crippen LogP contribution in [-0.4, -0.2) is 41.2 Å². The lowest BCUT2D eigenvalue weighted by Crippen LogP contribution is -2.45. The van der Waals surface area contributed by atoms with Crippen LogP contribution in [0.25, 0.3) is 11.3 Å². The molecule has 1 aliphatic heterocycles. The molecular formula is C24H22F4N4O3S. The zero-order valence-corrected chi connectivity index (χ0v) is 19.9. The van der Waals surface area contributed by atoms with Crippen molar-refractivity contribution < 1.29 is 30.8 Å². The maximum Gasteiger partial charge on any atom is 0.416 e. The molecule has 1 aromatic heterocycles. The van der Waals surface area contributed by atoms with Crippen LogP contribution in [0.2, 0.25) is 0 Å². The van der Waals surface area contributed by atoms with E-state index in [1.54, 1.807) is 13.0 Å². The van der Waals surface area contributed by atoms with Gasteiger partial charge in [-0.3, -0.25) is 4.79 Å². The maximum atomic E-state index is 13.2. The number of halogens is 4. The number of sulfonamides is 1. The van der Waals surface area contributed by atoms with Crippen molar-refractivity contribution in [3.05, 3.63) is 77.5 Å². The lowest BCUT2D eigenvalue weighted by molar-refractivity contribution is -0.137. The molecule has 1 amide bonds. The zero-order chi connectivity index (χ0) is 26.1. The summed E-state index contributed by atoms with van der Waals surface area (Å²) in [6.07, 6.45) is -3.64. The van der Waals surface area contributed by atoms with Crippen LogP contribution in [0.1, 0.15) is 29.9 Å². The average molecular weight is 523 g/mol. The fraction of sp³-hybridized carbons (Fsp3) is 0.292. The summed E-state index contributed by atoms with van der Waals surface area (Å²) >= 11 is 0. The van der Waals surface area contributed by atoms with E-state index in [2.05, 4.69) is 15.3 Å². The van der Waals surface area contributed by atoms with E-state index in [-0.39, 0.29) is 18.0 Å². The Labute approximate surface area is 205 Å². The van der Waals surface area contributed by atoms with Crippen LogP contribution in [-0.2, 0) is 27.5 Å². The molecule has 0 saturated carbocycles. The SMILES string of the molecule is Cc1nc(CNC(=O)C2CCCN2S(=O)(=O)c2ccc(F)cc2)cc(-c2ccc(C(F)(F)F)cc2)n1. The number of benzene rings is 2.